The summed E-state index contributed by atoms with van der Waals surface area (Å²) in [6, 6.07) is 24.7. The molecule has 3 aliphatic rings. The highest BCUT2D eigenvalue weighted by atomic mass is 32.1. The van der Waals surface area contributed by atoms with Crippen molar-refractivity contribution in [3.63, 3.8) is 0 Å². The number of ether oxygens (including phenoxy) is 2. The summed E-state index contributed by atoms with van der Waals surface area (Å²) in [5, 5.41) is 12.4. The zero-order chi connectivity index (χ0) is 58.0. The van der Waals surface area contributed by atoms with Crippen LogP contribution < -0.4 is 35.6 Å². The topological polar surface area (TPSA) is 204 Å². The molecule has 82 heavy (non-hydrogen) atoms. The van der Waals surface area contributed by atoms with Gasteiger partial charge in [-0.1, -0.05) is 70.7 Å². The Morgan fingerprint density at radius 2 is 1.41 bits per heavy atom. The van der Waals surface area contributed by atoms with Crippen LogP contribution in [0.1, 0.15) is 109 Å². The van der Waals surface area contributed by atoms with E-state index in [-0.39, 0.29) is 23.6 Å². The Balaban J connectivity index is 0.663. The molecule has 0 unspecified atom stereocenters. The molecule has 4 heterocycles. The Hall–Kier alpha value is -7.93. The van der Waals surface area contributed by atoms with E-state index in [0.29, 0.717) is 112 Å². The number of unbranched alkanes of at least 4 members (excludes halogenated alkanes) is 5. The van der Waals surface area contributed by atoms with E-state index in [1.807, 2.05) is 74.5 Å². The Morgan fingerprint density at radius 3 is 2.04 bits per heavy atom. The number of carbonyl (C=O) groups excluding carboxylic acids is 6. The van der Waals surface area contributed by atoms with Gasteiger partial charge < -0.3 is 45.4 Å². The lowest BCUT2D eigenvalue weighted by atomic mass is 9.85. The molecule has 2 aromatic heterocycles. The van der Waals surface area contributed by atoms with Crippen LogP contribution in [0.25, 0.3) is 21.3 Å². The number of fused-ring (bicyclic) bond motifs is 1. The number of amides is 6. The number of hydrogen-bond donors (Lipinski definition) is 4. The van der Waals surface area contributed by atoms with Crippen LogP contribution in [-0.2, 0) is 35.3 Å². The molecule has 0 radical (unpaired) electrons. The molecule has 2 saturated heterocycles. The number of aryl methyl sites for hydroxylation is 1. The van der Waals surface area contributed by atoms with Crippen LogP contribution in [0.5, 0.6) is 17.2 Å². The van der Waals surface area contributed by atoms with Crippen molar-refractivity contribution >= 4 is 74.7 Å². The van der Waals surface area contributed by atoms with Crippen molar-refractivity contribution in [3.8, 4) is 27.7 Å². The van der Waals surface area contributed by atoms with Crippen LogP contribution in [0.2, 0.25) is 0 Å². The smallest absolute Gasteiger partial charge is 0.246 e. The van der Waals surface area contributed by atoms with E-state index in [1.165, 1.54) is 24.3 Å². The van der Waals surface area contributed by atoms with Crippen molar-refractivity contribution in [1.82, 2.24) is 30.4 Å². The summed E-state index contributed by atoms with van der Waals surface area (Å²) in [5.74, 6) is 0.0422. The number of pyridine rings is 1. The van der Waals surface area contributed by atoms with Crippen LogP contribution in [-0.4, -0.2) is 107 Å². The highest BCUT2D eigenvalue weighted by molar-refractivity contribution is 7.13. The second kappa shape index (κ2) is 26.3. The predicted molar refractivity (Wildman–Crippen MR) is 316 cm³/mol. The highest BCUT2D eigenvalue weighted by Crippen LogP contribution is 2.48. The van der Waals surface area contributed by atoms with E-state index < -0.39 is 40.5 Å². The Kier molecular flexibility index (Phi) is 18.9. The molecule has 3 fully saturated rings. The van der Waals surface area contributed by atoms with E-state index in [2.05, 4.69) is 36.1 Å². The molecule has 6 amide bonds. The lowest BCUT2D eigenvalue weighted by Crippen LogP contribution is -2.57. The van der Waals surface area contributed by atoms with Crippen LogP contribution in [0, 0.1) is 23.6 Å². The van der Waals surface area contributed by atoms with Gasteiger partial charge in [0.25, 0.3) is 0 Å². The van der Waals surface area contributed by atoms with Gasteiger partial charge in [0.15, 0.2) is 0 Å². The number of hydrogen-bond acceptors (Lipinski definition) is 12. The molecule has 9 rings (SSSR count). The van der Waals surface area contributed by atoms with Gasteiger partial charge in [-0.05, 0) is 129 Å². The fourth-order valence-electron chi connectivity index (χ4n) is 10.7. The van der Waals surface area contributed by atoms with E-state index in [0.717, 1.165) is 71.3 Å². The normalized spacial score (nSPS) is 16.1. The number of likely N-dealkylation sites (tertiary alicyclic amines) is 1. The monoisotopic (exact) mass is 1140 g/mol. The molecular weight excluding hydrogens is 1060 g/mol. The summed E-state index contributed by atoms with van der Waals surface area (Å²) in [7, 11) is 1.62. The highest BCUT2D eigenvalue weighted by Gasteiger charge is 2.56. The SMILES string of the molecule is COc1cc2c(Oc3ccc(NC(=O)C4(C(=O)Nc5ccc(F)cc5)CC4)cc3)ccnc2cc1N1CCN(C(=O)CCCCCCCCC(=O)N[C@H](C(=O)N2CCC[C@H]2C(=O)NCc2ccc(-c3scnc3C)cc2)C(C)(C)C)CC1. The average molecular weight is 1140 g/mol. The standard InChI is InChI=1S/C63H74FN9O8S/c1-41-56(82-40-67-41)43-18-16-42(17-19-43)39-66-58(76)50-13-12-32-73(50)59(77)57(62(2,3)4)70-54(74)14-10-8-6-7-9-11-15-55(75)72-35-33-71(34-36-72)51-38-49-48(37-53(51)80-5)52(28-31-65-49)81-47-26-24-46(25-27-47)69-61(79)63(29-30-63)60(78)68-45-22-20-44(64)21-23-45/h16-28,31,37-38,40,50,57H,6-15,29-30,32-36,39H2,1-5H3,(H,66,76)(H,68,78)(H,69,79)(H,70,74)/t50-,57+/m0/s1. The maximum absolute atomic E-state index is 14.1. The molecule has 2 atom stereocenters. The van der Waals surface area contributed by atoms with Crippen molar-refractivity contribution in [2.75, 3.05) is 55.4 Å². The number of aromatic nitrogens is 2. The Labute approximate surface area is 482 Å². The van der Waals surface area contributed by atoms with Gasteiger partial charge in [0.05, 0.1) is 34.4 Å². The van der Waals surface area contributed by atoms with Gasteiger partial charge in [0.2, 0.25) is 35.4 Å². The van der Waals surface area contributed by atoms with Crippen LogP contribution in [0.3, 0.4) is 0 Å². The number of nitrogens with one attached hydrogen (secondary N) is 4. The van der Waals surface area contributed by atoms with Crippen molar-refractivity contribution in [3.05, 3.63) is 120 Å². The van der Waals surface area contributed by atoms with Crippen LogP contribution >= 0.6 is 11.3 Å². The zero-order valence-electron chi connectivity index (χ0n) is 47.5. The summed E-state index contributed by atoms with van der Waals surface area (Å²) < 4.78 is 25.6. The first-order valence-corrected chi connectivity index (χ1v) is 29.4. The Bertz CT molecular complexity index is 3240. The van der Waals surface area contributed by atoms with Gasteiger partial charge in [-0.25, -0.2) is 9.37 Å². The number of carbonyl (C=O) groups is 6. The maximum Gasteiger partial charge on any atom is 0.246 e. The molecule has 2 aliphatic heterocycles. The Morgan fingerprint density at radius 1 is 0.768 bits per heavy atom. The van der Waals surface area contributed by atoms with Gasteiger partial charge in [0.1, 0.15) is 40.6 Å². The summed E-state index contributed by atoms with van der Waals surface area (Å²) in [4.78, 5) is 96.3. The minimum Gasteiger partial charge on any atom is -0.495 e. The largest absolute Gasteiger partial charge is 0.495 e. The van der Waals surface area contributed by atoms with Gasteiger partial charge in [-0.3, -0.25) is 33.8 Å². The van der Waals surface area contributed by atoms with E-state index >= 15 is 0 Å². The fraction of sp³-hybridized carbons (Fsp3) is 0.429. The first kappa shape index (κ1) is 58.7. The number of benzene rings is 4. The van der Waals surface area contributed by atoms with Crippen molar-refractivity contribution < 1.29 is 42.6 Å². The molecule has 6 aromatic rings. The number of halogens is 1. The molecule has 4 N–H and O–H groups in total. The van der Waals surface area contributed by atoms with Gasteiger partial charge in [-0.2, -0.15) is 0 Å². The molecule has 0 bridgehead atoms. The third-order valence-electron chi connectivity index (χ3n) is 15.8. The molecule has 1 saturated carbocycles. The summed E-state index contributed by atoms with van der Waals surface area (Å²) in [6.07, 6.45) is 9.76. The number of rotatable bonds is 23. The molecular formula is C63H74FN9O8S. The van der Waals surface area contributed by atoms with Gasteiger partial charge >= 0.3 is 0 Å². The second-order valence-corrected chi connectivity index (χ2v) is 23.6. The first-order chi connectivity index (χ1) is 39.5. The minimum atomic E-state index is -1.19. The number of thiazole rings is 1. The minimum absolute atomic E-state index is 0.145. The summed E-state index contributed by atoms with van der Waals surface area (Å²) in [6.45, 7) is 11.0. The fourth-order valence-corrected chi connectivity index (χ4v) is 11.5. The third-order valence-corrected chi connectivity index (χ3v) is 16.7. The third kappa shape index (κ3) is 14.4. The van der Waals surface area contributed by atoms with Crippen LogP contribution in [0.15, 0.2) is 103 Å². The van der Waals surface area contributed by atoms with Crippen LogP contribution in [0.4, 0.5) is 21.5 Å². The average Bonchev–Trinajstić information content (AvgIpc) is 3.20. The van der Waals surface area contributed by atoms with Gasteiger partial charge in [-0.15, -0.1) is 11.3 Å². The first-order valence-electron chi connectivity index (χ1n) is 28.5. The van der Waals surface area contributed by atoms with Crippen molar-refractivity contribution in [1.29, 1.82) is 0 Å². The molecule has 1 aliphatic carbocycles. The number of nitrogens with zero attached hydrogens (tertiary/aromatic N) is 5. The maximum atomic E-state index is 14.1. The van der Waals surface area contributed by atoms with E-state index in [9.17, 15) is 33.2 Å². The number of piperazine rings is 1. The second-order valence-electron chi connectivity index (χ2n) is 22.7. The van der Waals surface area contributed by atoms with E-state index in [1.54, 1.807) is 59.9 Å². The number of anilines is 3. The molecule has 0 spiro atoms. The van der Waals surface area contributed by atoms with E-state index in [4.69, 9.17) is 9.47 Å². The molecule has 17 nitrogen and oxygen atoms in total. The summed E-state index contributed by atoms with van der Waals surface area (Å²) >= 11 is 1.60. The lowest BCUT2D eigenvalue weighted by Gasteiger charge is -2.36. The predicted octanol–water partition coefficient (Wildman–Crippen LogP) is 10.6. The lowest BCUT2D eigenvalue weighted by molar-refractivity contribution is -0.143. The summed E-state index contributed by atoms with van der Waals surface area (Å²) in [5.41, 5.74) is 5.64. The zero-order valence-corrected chi connectivity index (χ0v) is 48.3. The van der Waals surface area contributed by atoms with Gasteiger partial charge in [0, 0.05) is 75.1 Å². The van der Waals surface area contributed by atoms with Crippen molar-refractivity contribution in [2.45, 2.75) is 123 Å². The quantitative estimate of drug-likeness (QED) is 0.0351. The van der Waals surface area contributed by atoms with Crippen molar-refractivity contribution in [2.24, 2.45) is 10.8 Å². The molecule has 19 heteroatoms. The molecule has 4 aromatic carbocycles. The molecule has 432 valence electrons. The number of methoxy groups -OCH3 is 1.